The molecule has 0 heterocycles. The van der Waals surface area contributed by atoms with Gasteiger partial charge < -0.3 is 155 Å². The van der Waals surface area contributed by atoms with Crippen molar-refractivity contribution in [2.45, 2.75) is 6.42 Å². The van der Waals surface area contributed by atoms with Crippen LogP contribution in [0.1, 0.15) is 5.56 Å². The third-order valence-corrected chi connectivity index (χ3v) is 1.31. The Labute approximate surface area is 230 Å². The van der Waals surface area contributed by atoms with Gasteiger partial charge in [0.2, 0.25) is 0 Å². The van der Waals surface area contributed by atoms with Crippen molar-refractivity contribution in [1.82, 2.24) is 0 Å². The van der Waals surface area contributed by atoms with Gasteiger partial charge in [0.05, 0.1) is 13.6 Å². The van der Waals surface area contributed by atoms with E-state index in [9.17, 15) is 0 Å². The molecule has 0 amide bonds. The van der Waals surface area contributed by atoms with E-state index in [0.29, 0.717) is 0 Å². The van der Waals surface area contributed by atoms with Gasteiger partial charge >= 0.3 is 23.9 Å². The van der Waals surface area contributed by atoms with E-state index in [1.165, 1.54) is 5.56 Å². The van der Waals surface area contributed by atoms with Crippen LogP contribution in [0.2, 0.25) is 0 Å². The van der Waals surface area contributed by atoms with Crippen molar-refractivity contribution < 1.29 is 155 Å². The Morgan fingerprint density at radius 3 is 1.39 bits per heavy atom. The van der Waals surface area contributed by atoms with E-state index >= 15 is 0 Å². The van der Waals surface area contributed by atoms with E-state index in [-0.39, 0.29) is 168 Å². The van der Waals surface area contributed by atoms with Crippen molar-refractivity contribution in [3.8, 4) is 0 Å². The van der Waals surface area contributed by atoms with Crippen LogP contribution in [0.4, 0.5) is 0 Å². The molecule has 6 N–H and O–H groups in total. The number of halogens is 6. The second-order valence-corrected chi connectivity index (χ2v) is 2.09. The molecule has 0 radical (unpaired) electrons. The first-order chi connectivity index (χ1) is 5.43. The molecule has 0 unspecified atom stereocenters. The van der Waals surface area contributed by atoms with Gasteiger partial charge in [-0.1, -0.05) is 30.3 Å². The molecule has 0 aliphatic heterocycles. The largest absolute Gasteiger partial charge is 4.00 e. The van der Waals surface area contributed by atoms with Crippen LogP contribution in [0, 0.1) is 0 Å². The molecule has 2 nitrogen and oxygen atoms in total. The number of benzene rings is 1. The first-order valence-corrected chi connectivity index (χ1v) is 3.97. The zero-order valence-electron chi connectivity index (χ0n) is 9.98. The maximum absolute atomic E-state index is 3.78. The van der Waals surface area contributed by atoms with Crippen LogP contribution in [-0.4, -0.2) is 37.5 Å². The fourth-order valence-electron chi connectivity index (χ4n) is 0.849. The van der Waals surface area contributed by atoms with Gasteiger partial charge in [-0.2, -0.15) is 0 Å². The van der Waals surface area contributed by atoms with Crippen molar-refractivity contribution >= 4 is 23.9 Å². The second kappa shape index (κ2) is 42.9. The topological polar surface area (TPSA) is 55.3 Å². The average Bonchev–Trinajstić information content (AvgIpc) is 2.11. The van der Waals surface area contributed by atoms with Crippen LogP contribution in [0.3, 0.4) is 0 Å². The van der Waals surface area contributed by atoms with E-state index in [1.807, 2.05) is 6.07 Å². The van der Waals surface area contributed by atoms with E-state index in [0.717, 1.165) is 13.0 Å². The van der Waals surface area contributed by atoms with Crippen LogP contribution in [0.15, 0.2) is 30.3 Å². The number of rotatable bonds is 2. The van der Waals surface area contributed by atoms with Crippen molar-refractivity contribution in [2.24, 2.45) is 0 Å². The number of hydrogen-bond acceptors (Lipinski definition) is 0. The molecule has 0 spiro atoms. The molecular formula is C9H18I6N2Sn. The Morgan fingerprint density at radius 1 is 0.778 bits per heavy atom. The molecule has 1 aromatic rings. The van der Waals surface area contributed by atoms with Gasteiger partial charge in [-0.15, -0.1) is 0 Å². The van der Waals surface area contributed by atoms with Gasteiger partial charge in [0.15, 0.2) is 0 Å². The summed E-state index contributed by atoms with van der Waals surface area (Å²) in [5.41, 5.74) is 8.41. The first-order valence-electron chi connectivity index (χ1n) is 3.97. The Bertz CT molecular complexity index is 182. The fourth-order valence-corrected chi connectivity index (χ4v) is 0.849. The SMILES string of the molecule is C[NH3+].[I-].[I-].[I-].[I-].[I-].[I-].[NH3+]CCc1ccccc1.[Sn+4]. The van der Waals surface area contributed by atoms with Crippen LogP contribution in [0.5, 0.6) is 0 Å². The van der Waals surface area contributed by atoms with Gasteiger partial charge in [0.25, 0.3) is 0 Å². The summed E-state index contributed by atoms with van der Waals surface area (Å²) in [6.07, 6.45) is 1.10. The minimum absolute atomic E-state index is 0. The molecular weight excluding hydrogens is 1020 g/mol. The molecule has 110 valence electrons. The monoisotopic (exact) mass is 1040 g/mol. The average molecular weight is 1030 g/mol. The minimum atomic E-state index is 0. The summed E-state index contributed by atoms with van der Waals surface area (Å²) < 4.78 is 0. The zero-order chi connectivity index (χ0) is 8.53. The molecule has 1 rings (SSSR count). The molecule has 1 aromatic carbocycles. The normalized spacial score (nSPS) is 5.06. The van der Waals surface area contributed by atoms with E-state index in [4.69, 9.17) is 0 Å². The van der Waals surface area contributed by atoms with Gasteiger partial charge in [-0.25, -0.2) is 0 Å². The zero-order valence-corrected chi connectivity index (χ0v) is 25.8. The van der Waals surface area contributed by atoms with Crippen molar-refractivity contribution in [1.29, 1.82) is 0 Å². The molecule has 18 heavy (non-hydrogen) atoms. The van der Waals surface area contributed by atoms with Crippen LogP contribution >= 0.6 is 0 Å². The second-order valence-electron chi connectivity index (χ2n) is 2.09. The molecule has 0 atom stereocenters. The predicted octanol–water partition coefficient (Wildman–Crippen LogP) is -19.0. The Balaban J connectivity index is -0.0000000177. The van der Waals surface area contributed by atoms with Crippen LogP contribution in [0.25, 0.3) is 0 Å². The quantitative estimate of drug-likeness (QED) is 0.219. The Hall–Kier alpha value is 4.32. The molecule has 0 fully saturated rings. The summed E-state index contributed by atoms with van der Waals surface area (Å²) in [6, 6.07) is 10.4. The molecule has 0 saturated carbocycles. The maximum atomic E-state index is 3.78. The van der Waals surface area contributed by atoms with Crippen LogP contribution in [-0.2, 0) is 6.42 Å². The number of quaternary nitrogens is 2. The van der Waals surface area contributed by atoms with Crippen molar-refractivity contribution in [3.05, 3.63) is 35.9 Å². The predicted molar refractivity (Wildman–Crippen MR) is 52.5 cm³/mol. The van der Waals surface area contributed by atoms with E-state index in [1.54, 1.807) is 7.05 Å². The summed E-state index contributed by atoms with van der Waals surface area (Å²) in [5.74, 6) is 0. The van der Waals surface area contributed by atoms with Crippen LogP contribution < -0.4 is 155 Å². The third-order valence-electron chi connectivity index (χ3n) is 1.31. The molecule has 0 saturated heterocycles. The molecule has 9 heteroatoms. The van der Waals surface area contributed by atoms with Gasteiger partial charge in [0, 0.05) is 6.42 Å². The van der Waals surface area contributed by atoms with E-state index in [2.05, 4.69) is 35.7 Å². The Morgan fingerprint density at radius 2 is 1.11 bits per heavy atom. The number of hydrogen-bond donors (Lipinski definition) is 2. The Kier molecular flexibility index (Phi) is 118. The molecule has 0 bridgehead atoms. The molecule has 0 aromatic heterocycles. The first kappa shape index (κ1) is 49.5. The summed E-state index contributed by atoms with van der Waals surface area (Å²) in [5, 5.41) is 0. The summed E-state index contributed by atoms with van der Waals surface area (Å²) in [7, 11) is 1.75. The molecule has 0 aliphatic carbocycles. The standard InChI is InChI=1S/C8H11N.CH5N.6HI.Sn/c9-7-6-8-4-2-1-3-5-8;1-2;;;;;;;/h1-5H,6-7,9H2;2H2,1H3;6*1H;/q;;;;;;;;+4/p-4. The summed E-state index contributed by atoms with van der Waals surface area (Å²) in [4.78, 5) is 0. The summed E-state index contributed by atoms with van der Waals surface area (Å²) in [6.45, 7) is 0.990. The fraction of sp³-hybridized carbons (Fsp3) is 0.333. The van der Waals surface area contributed by atoms with Crippen molar-refractivity contribution in [3.63, 3.8) is 0 Å². The van der Waals surface area contributed by atoms with Gasteiger partial charge in [-0.05, 0) is 5.56 Å². The smallest absolute Gasteiger partial charge is 1.00 e. The van der Waals surface area contributed by atoms with Gasteiger partial charge in [-0.3, -0.25) is 0 Å². The summed E-state index contributed by atoms with van der Waals surface area (Å²) >= 11 is 0. The minimum Gasteiger partial charge on any atom is -1.00 e. The molecule has 0 aliphatic rings. The third kappa shape index (κ3) is 32.3. The van der Waals surface area contributed by atoms with Crippen molar-refractivity contribution in [2.75, 3.05) is 13.6 Å². The van der Waals surface area contributed by atoms with E-state index < -0.39 is 0 Å². The maximum Gasteiger partial charge on any atom is 4.00 e. The van der Waals surface area contributed by atoms with Gasteiger partial charge in [0.1, 0.15) is 0 Å².